The summed E-state index contributed by atoms with van der Waals surface area (Å²) in [5.41, 5.74) is 3.95. The van der Waals surface area contributed by atoms with Gasteiger partial charge in [-0.1, -0.05) is 24.9 Å². The summed E-state index contributed by atoms with van der Waals surface area (Å²) >= 11 is 6.15. The molecule has 1 N–H and O–H groups in total. The molecule has 0 amide bonds. The predicted octanol–water partition coefficient (Wildman–Crippen LogP) is 5.53. The Kier molecular flexibility index (Phi) is 5.55. The van der Waals surface area contributed by atoms with Crippen LogP contribution in [0.1, 0.15) is 19.0 Å². The highest BCUT2D eigenvalue weighted by Gasteiger charge is 2.18. The minimum Gasteiger partial charge on any atom is -0.495 e. The molecule has 2 heterocycles. The Morgan fingerprint density at radius 2 is 1.90 bits per heavy atom. The summed E-state index contributed by atoms with van der Waals surface area (Å²) in [5.74, 6) is 1.35. The van der Waals surface area contributed by atoms with E-state index in [0.717, 1.165) is 40.8 Å². The summed E-state index contributed by atoms with van der Waals surface area (Å²) in [6.07, 6.45) is 1.74. The number of aromatic nitrogens is 4. The van der Waals surface area contributed by atoms with Gasteiger partial charge in [0.2, 0.25) is 0 Å². The first-order valence-electron chi connectivity index (χ1n) is 9.60. The zero-order chi connectivity index (χ0) is 21.3. The van der Waals surface area contributed by atoms with E-state index in [-0.39, 0.29) is 5.82 Å². The third-order valence-electron chi connectivity index (χ3n) is 4.75. The van der Waals surface area contributed by atoms with Crippen molar-refractivity contribution in [2.75, 3.05) is 12.4 Å². The molecular formula is C22H21ClFN5O. The molecule has 0 atom stereocenters. The van der Waals surface area contributed by atoms with Crippen LogP contribution in [0, 0.1) is 5.82 Å². The maximum atomic E-state index is 13.4. The number of aryl methyl sites for hydroxylation is 2. The van der Waals surface area contributed by atoms with Gasteiger partial charge in [-0.2, -0.15) is 5.10 Å². The average Bonchev–Trinajstić information content (AvgIpc) is 3.06. The molecule has 30 heavy (non-hydrogen) atoms. The second-order valence-corrected chi connectivity index (χ2v) is 7.30. The van der Waals surface area contributed by atoms with Crippen LogP contribution in [0.15, 0.2) is 42.5 Å². The molecule has 0 bridgehead atoms. The first-order chi connectivity index (χ1) is 14.5. The number of anilines is 2. The van der Waals surface area contributed by atoms with Crippen molar-refractivity contribution in [1.29, 1.82) is 0 Å². The van der Waals surface area contributed by atoms with Crippen molar-refractivity contribution in [1.82, 2.24) is 19.7 Å². The highest BCUT2D eigenvalue weighted by molar-refractivity contribution is 6.32. The van der Waals surface area contributed by atoms with Crippen LogP contribution in [-0.4, -0.2) is 26.9 Å². The number of methoxy groups -OCH3 is 1. The van der Waals surface area contributed by atoms with Gasteiger partial charge in [-0.05, 0) is 42.8 Å². The average molecular weight is 426 g/mol. The van der Waals surface area contributed by atoms with E-state index in [0.29, 0.717) is 22.4 Å². The SMILES string of the molecule is CCCc1nn(C)c2c(Nc3ccc(Cl)c(OC)c3)nc(-c3ccc(F)cc3)nc12. The van der Waals surface area contributed by atoms with Crippen molar-refractivity contribution in [3.63, 3.8) is 0 Å². The Balaban J connectivity index is 1.89. The fourth-order valence-electron chi connectivity index (χ4n) is 3.34. The van der Waals surface area contributed by atoms with Crippen LogP contribution >= 0.6 is 11.6 Å². The molecule has 0 aliphatic heterocycles. The summed E-state index contributed by atoms with van der Waals surface area (Å²) in [6, 6.07) is 11.5. The van der Waals surface area contributed by atoms with Crippen molar-refractivity contribution in [2.24, 2.45) is 7.05 Å². The van der Waals surface area contributed by atoms with Crippen LogP contribution in [-0.2, 0) is 13.5 Å². The number of hydrogen-bond donors (Lipinski definition) is 1. The smallest absolute Gasteiger partial charge is 0.162 e. The van der Waals surface area contributed by atoms with E-state index in [2.05, 4.69) is 17.3 Å². The van der Waals surface area contributed by atoms with Crippen LogP contribution in [0.25, 0.3) is 22.4 Å². The number of nitrogens with one attached hydrogen (secondary N) is 1. The number of rotatable bonds is 6. The number of ether oxygens (including phenoxy) is 1. The van der Waals surface area contributed by atoms with Gasteiger partial charge in [0.1, 0.15) is 22.6 Å². The second-order valence-electron chi connectivity index (χ2n) is 6.89. The largest absolute Gasteiger partial charge is 0.495 e. The van der Waals surface area contributed by atoms with Gasteiger partial charge in [-0.3, -0.25) is 4.68 Å². The fraction of sp³-hybridized carbons (Fsp3) is 0.227. The maximum absolute atomic E-state index is 13.4. The lowest BCUT2D eigenvalue weighted by molar-refractivity contribution is 0.415. The van der Waals surface area contributed by atoms with E-state index < -0.39 is 0 Å². The first-order valence-corrected chi connectivity index (χ1v) is 9.98. The molecule has 0 spiro atoms. The molecule has 154 valence electrons. The van der Waals surface area contributed by atoms with Crippen LogP contribution in [0.5, 0.6) is 5.75 Å². The van der Waals surface area contributed by atoms with Crippen molar-refractivity contribution in [3.05, 3.63) is 59.0 Å². The Morgan fingerprint density at radius 3 is 2.60 bits per heavy atom. The molecule has 0 unspecified atom stereocenters. The fourth-order valence-corrected chi connectivity index (χ4v) is 3.53. The molecule has 4 rings (SSSR count). The molecule has 0 radical (unpaired) electrons. The van der Waals surface area contributed by atoms with E-state index in [4.69, 9.17) is 26.3 Å². The number of halogens is 2. The minimum absolute atomic E-state index is 0.306. The van der Waals surface area contributed by atoms with Crippen LogP contribution < -0.4 is 10.1 Å². The molecule has 0 fully saturated rings. The molecular weight excluding hydrogens is 405 g/mol. The van der Waals surface area contributed by atoms with Gasteiger partial charge in [0.25, 0.3) is 0 Å². The predicted molar refractivity (Wildman–Crippen MR) is 117 cm³/mol. The Bertz CT molecular complexity index is 1210. The Hall–Kier alpha value is -3.19. The first kappa shape index (κ1) is 20.1. The molecule has 6 nitrogen and oxygen atoms in total. The molecule has 0 saturated heterocycles. The number of nitrogens with zero attached hydrogens (tertiary/aromatic N) is 4. The molecule has 4 aromatic rings. The minimum atomic E-state index is -0.306. The van der Waals surface area contributed by atoms with Gasteiger partial charge >= 0.3 is 0 Å². The number of fused-ring (bicyclic) bond motifs is 1. The summed E-state index contributed by atoms with van der Waals surface area (Å²) < 4.78 is 20.5. The van der Waals surface area contributed by atoms with Gasteiger partial charge in [0.15, 0.2) is 11.6 Å². The van der Waals surface area contributed by atoms with Gasteiger partial charge in [-0.25, -0.2) is 14.4 Å². The molecule has 0 saturated carbocycles. The lowest BCUT2D eigenvalue weighted by atomic mass is 10.2. The van der Waals surface area contributed by atoms with Crippen LogP contribution in [0.2, 0.25) is 5.02 Å². The van der Waals surface area contributed by atoms with Crippen molar-refractivity contribution >= 4 is 34.1 Å². The lowest BCUT2D eigenvalue weighted by Crippen LogP contribution is -2.02. The lowest BCUT2D eigenvalue weighted by Gasteiger charge is -2.12. The number of benzene rings is 2. The molecule has 8 heteroatoms. The third-order valence-corrected chi connectivity index (χ3v) is 5.07. The normalized spacial score (nSPS) is 11.1. The summed E-state index contributed by atoms with van der Waals surface area (Å²) in [5, 5.41) is 8.51. The Morgan fingerprint density at radius 1 is 1.13 bits per heavy atom. The highest BCUT2D eigenvalue weighted by Crippen LogP contribution is 2.32. The van der Waals surface area contributed by atoms with E-state index >= 15 is 0 Å². The quantitative estimate of drug-likeness (QED) is 0.440. The van der Waals surface area contributed by atoms with Crippen molar-refractivity contribution < 1.29 is 9.13 Å². The van der Waals surface area contributed by atoms with Crippen molar-refractivity contribution in [2.45, 2.75) is 19.8 Å². The highest BCUT2D eigenvalue weighted by atomic mass is 35.5. The monoisotopic (exact) mass is 425 g/mol. The van der Waals surface area contributed by atoms with E-state index in [1.165, 1.54) is 12.1 Å². The van der Waals surface area contributed by atoms with E-state index in [1.54, 1.807) is 36.1 Å². The van der Waals surface area contributed by atoms with Gasteiger partial charge in [-0.15, -0.1) is 0 Å². The maximum Gasteiger partial charge on any atom is 0.162 e. The molecule has 2 aromatic heterocycles. The zero-order valence-electron chi connectivity index (χ0n) is 16.9. The van der Waals surface area contributed by atoms with Gasteiger partial charge < -0.3 is 10.1 Å². The number of hydrogen-bond acceptors (Lipinski definition) is 5. The zero-order valence-corrected chi connectivity index (χ0v) is 17.7. The summed E-state index contributed by atoms with van der Waals surface area (Å²) in [4.78, 5) is 9.49. The second kappa shape index (κ2) is 8.28. The Labute approximate surface area is 178 Å². The molecule has 2 aromatic carbocycles. The van der Waals surface area contributed by atoms with E-state index in [1.807, 2.05) is 13.1 Å². The standard InChI is InChI=1S/C22H21ClFN5O/c1-4-5-17-19-20(29(2)28-17)22(25-15-10-11-16(23)18(12-15)30-3)27-21(26-19)13-6-8-14(24)9-7-13/h6-12H,4-5H2,1-3H3,(H,25,26,27). The van der Waals surface area contributed by atoms with Gasteiger partial charge in [0, 0.05) is 24.4 Å². The van der Waals surface area contributed by atoms with Crippen molar-refractivity contribution in [3.8, 4) is 17.1 Å². The summed E-state index contributed by atoms with van der Waals surface area (Å²) in [7, 11) is 3.44. The van der Waals surface area contributed by atoms with Crippen LogP contribution in [0.3, 0.4) is 0 Å². The molecule has 0 aliphatic carbocycles. The third kappa shape index (κ3) is 3.80. The summed E-state index contributed by atoms with van der Waals surface area (Å²) in [6.45, 7) is 2.10. The van der Waals surface area contributed by atoms with Crippen LogP contribution in [0.4, 0.5) is 15.9 Å². The molecule has 0 aliphatic rings. The van der Waals surface area contributed by atoms with E-state index in [9.17, 15) is 4.39 Å². The van der Waals surface area contributed by atoms with Gasteiger partial charge in [0.05, 0.1) is 17.8 Å². The topological polar surface area (TPSA) is 64.9 Å².